The van der Waals surface area contributed by atoms with Crippen LogP contribution in [0.3, 0.4) is 0 Å². The largest absolute Gasteiger partial charge is 0.310 e. The molecule has 0 spiro atoms. The van der Waals surface area contributed by atoms with Crippen molar-refractivity contribution in [1.29, 1.82) is 0 Å². The third-order valence-electron chi connectivity index (χ3n) is 4.20. The monoisotopic (exact) mass is 260 g/mol. The van der Waals surface area contributed by atoms with Gasteiger partial charge in [0.15, 0.2) is 0 Å². The van der Waals surface area contributed by atoms with Gasteiger partial charge in [0.1, 0.15) is 0 Å². The van der Waals surface area contributed by atoms with Gasteiger partial charge in [0, 0.05) is 6.04 Å². The first kappa shape index (κ1) is 14.5. The van der Waals surface area contributed by atoms with Crippen molar-refractivity contribution in [3.8, 4) is 0 Å². The number of nitrogens with one attached hydrogen (secondary N) is 1. The summed E-state index contributed by atoms with van der Waals surface area (Å²) >= 11 is 0. The molecule has 0 amide bonds. The van der Waals surface area contributed by atoms with Crippen LogP contribution in [0.15, 0.2) is 24.3 Å². The fourth-order valence-corrected chi connectivity index (χ4v) is 3.09. The maximum Gasteiger partial charge on any atom is 0.0334 e. The van der Waals surface area contributed by atoms with Gasteiger partial charge >= 0.3 is 0 Å². The van der Waals surface area contributed by atoms with E-state index in [-0.39, 0.29) is 0 Å². The molecule has 0 saturated carbocycles. The molecule has 0 aliphatic carbocycles. The van der Waals surface area contributed by atoms with Crippen molar-refractivity contribution in [2.45, 2.75) is 45.6 Å². The van der Waals surface area contributed by atoms with Crippen LogP contribution >= 0.6 is 0 Å². The molecule has 1 aromatic rings. The molecule has 19 heavy (non-hydrogen) atoms. The normalized spacial score (nSPS) is 18.4. The fourth-order valence-electron chi connectivity index (χ4n) is 3.09. The van der Waals surface area contributed by atoms with Gasteiger partial charge < -0.3 is 10.2 Å². The summed E-state index contributed by atoms with van der Waals surface area (Å²) in [5.41, 5.74) is 2.88. The molecule has 1 aliphatic rings. The number of hydrogen-bond donors (Lipinski definition) is 1. The van der Waals surface area contributed by atoms with E-state index in [0.29, 0.717) is 6.04 Å². The van der Waals surface area contributed by atoms with Gasteiger partial charge in [-0.15, -0.1) is 0 Å². The van der Waals surface area contributed by atoms with Gasteiger partial charge in [-0.25, -0.2) is 0 Å². The second-order valence-electron chi connectivity index (χ2n) is 5.66. The summed E-state index contributed by atoms with van der Waals surface area (Å²) in [6.07, 6.45) is 5.41. The Bertz CT molecular complexity index is 369. The minimum Gasteiger partial charge on any atom is -0.310 e. The Morgan fingerprint density at radius 3 is 2.58 bits per heavy atom. The number of piperidine rings is 1. The second-order valence-corrected chi connectivity index (χ2v) is 5.66. The quantitative estimate of drug-likeness (QED) is 0.842. The molecule has 0 radical (unpaired) electrons. The lowest BCUT2D eigenvalue weighted by Crippen LogP contribution is -2.33. The first-order valence-corrected chi connectivity index (χ1v) is 7.82. The van der Waals surface area contributed by atoms with Crippen molar-refractivity contribution >= 4 is 0 Å². The van der Waals surface area contributed by atoms with E-state index in [9.17, 15) is 0 Å². The summed E-state index contributed by atoms with van der Waals surface area (Å²) in [5.74, 6) is 0. The van der Waals surface area contributed by atoms with Crippen LogP contribution in [0.1, 0.15) is 49.8 Å². The molecule has 2 nitrogen and oxygen atoms in total. The van der Waals surface area contributed by atoms with Crippen LogP contribution < -0.4 is 5.32 Å². The molecule has 1 heterocycles. The highest BCUT2D eigenvalue weighted by Crippen LogP contribution is 2.21. The molecule has 1 aliphatic heterocycles. The number of nitrogens with zero attached hydrogens (tertiary/aromatic N) is 1. The van der Waals surface area contributed by atoms with Gasteiger partial charge in [-0.05, 0) is 63.5 Å². The SMILES string of the molecule is CCNC(CCN1CCCCC1)c1ccccc1C. The third-order valence-corrected chi connectivity index (χ3v) is 4.20. The summed E-state index contributed by atoms with van der Waals surface area (Å²) in [6.45, 7) is 9.29. The van der Waals surface area contributed by atoms with Crippen LogP contribution in [0.4, 0.5) is 0 Å². The van der Waals surface area contributed by atoms with Crippen molar-refractivity contribution in [3.63, 3.8) is 0 Å². The van der Waals surface area contributed by atoms with Gasteiger partial charge in [-0.3, -0.25) is 0 Å². The van der Waals surface area contributed by atoms with Crippen LogP contribution in [0, 0.1) is 6.92 Å². The van der Waals surface area contributed by atoms with Gasteiger partial charge in [-0.2, -0.15) is 0 Å². The van der Waals surface area contributed by atoms with E-state index in [1.807, 2.05) is 0 Å². The third kappa shape index (κ3) is 4.32. The van der Waals surface area contributed by atoms with Crippen molar-refractivity contribution < 1.29 is 0 Å². The van der Waals surface area contributed by atoms with Crippen LogP contribution in [0.25, 0.3) is 0 Å². The molecular weight excluding hydrogens is 232 g/mol. The molecule has 1 atom stereocenters. The molecule has 1 N–H and O–H groups in total. The predicted octanol–water partition coefficient (Wildman–Crippen LogP) is 3.52. The molecule has 106 valence electrons. The average Bonchev–Trinajstić information content (AvgIpc) is 2.45. The Hall–Kier alpha value is -0.860. The van der Waals surface area contributed by atoms with Crippen molar-refractivity contribution in [2.75, 3.05) is 26.2 Å². The van der Waals surface area contributed by atoms with Crippen molar-refractivity contribution in [2.24, 2.45) is 0 Å². The van der Waals surface area contributed by atoms with E-state index in [1.165, 1.54) is 56.4 Å². The minimum absolute atomic E-state index is 0.508. The highest BCUT2D eigenvalue weighted by atomic mass is 15.1. The van der Waals surface area contributed by atoms with E-state index in [1.54, 1.807) is 0 Å². The van der Waals surface area contributed by atoms with Crippen LogP contribution in [0.2, 0.25) is 0 Å². The Balaban J connectivity index is 1.94. The van der Waals surface area contributed by atoms with Crippen molar-refractivity contribution in [3.05, 3.63) is 35.4 Å². The molecule has 2 rings (SSSR count). The van der Waals surface area contributed by atoms with Gasteiger partial charge in [0.05, 0.1) is 0 Å². The zero-order chi connectivity index (χ0) is 13.5. The highest BCUT2D eigenvalue weighted by molar-refractivity contribution is 5.28. The van der Waals surface area contributed by atoms with Crippen LogP contribution in [0.5, 0.6) is 0 Å². The van der Waals surface area contributed by atoms with E-state index in [4.69, 9.17) is 0 Å². The number of aryl methyl sites for hydroxylation is 1. The molecule has 1 fully saturated rings. The summed E-state index contributed by atoms with van der Waals surface area (Å²) in [4.78, 5) is 2.63. The van der Waals surface area contributed by atoms with Crippen LogP contribution in [-0.4, -0.2) is 31.1 Å². The first-order chi connectivity index (χ1) is 9.31. The zero-order valence-corrected chi connectivity index (χ0v) is 12.5. The lowest BCUT2D eigenvalue weighted by Gasteiger charge is -2.29. The highest BCUT2D eigenvalue weighted by Gasteiger charge is 2.15. The lowest BCUT2D eigenvalue weighted by atomic mass is 9.98. The van der Waals surface area contributed by atoms with E-state index < -0.39 is 0 Å². The first-order valence-electron chi connectivity index (χ1n) is 7.82. The molecule has 0 bridgehead atoms. The Morgan fingerprint density at radius 2 is 1.89 bits per heavy atom. The Kier molecular flexibility index (Phi) is 5.87. The number of hydrogen-bond acceptors (Lipinski definition) is 2. The molecule has 1 unspecified atom stereocenters. The number of likely N-dealkylation sites (tertiary alicyclic amines) is 1. The molecule has 2 heteroatoms. The summed E-state index contributed by atoms with van der Waals surface area (Å²) in [6, 6.07) is 9.30. The average molecular weight is 260 g/mol. The molecule has 1 saturated heterocycles. The maximum atomic E-state index is 3.65. The summed E-state index contributed by atoms with van der Waals surface area (Å²) in [7, 11) is 0. The van der Waals surface area contributed by atoms with Crippen molar-refractivity contribution in [1.82, 2.24) is 10.2 Å². The van der Waals surface area contributed by atoms with E-state index >= 15 is 0 Å². The maximum absolute atomic E-state index is 3.65. The van der Waals surface area contributed by atoms with Gasteiger partial charge in [-0.1, -0.05) is 37.6 Å². The zero-order valence-electron chi connectivity index (χ0n) is 12.5. The molecule has 1 aromatic carbocycles. The topological polar surface area (TPSA) is 15.3 Å². The Labute approximate surface area is 118 Å². The fraction of sp³-hybridized carbons (Fsp3) is 0.647. The second kappa shape index (κ2) is 7.66. The summed E-state index contributed by atoms with van der Waals surface area (Å²) < 4.78 is 0. The van der Waals surface area contributed by atoms with Gasteiger partial charge in [0.2, 0.25) is 0 Å². The summed E-state index contributed by atoms with van der Waals surface area (Å²) in [5, 5.41) is 3.65. The Morgan fingerprint density at radius 1 is 1.16 bits per heavy atom. The standard InChI is InChI=1S/C17H28N2/c1-3-18-17(16-10-6-5-9-15(16)2)11-14-19-12-7-4-8-13-19/h5-6,9-10,17-18H,3-4,7-8,11-14H2,1-2H3. The minimum atomic E-state index is 0.508. The van der Waals surface area contributed by atoms with Gasteiger partial charge in [0.25, 0.3) is 0 Å². The lowest BCUT2D eigenvalue weighted by molar-refractivity contribution is 0.217. The van der Waals surface area contributed by atoms with E-state index in [2.05, 4.69) is 48.3 Å². The smallest absolute Gasteiger partial charge is 0.0334 e. The molecule has 0 aromatic heterocycles. The number of benzene rings is 1. The molecular formula is C17H28N2. The van der Waals surface area contributed by atoms with Crippen LogP contribution in [-0.2, 0) is 0 Å². The predicted molar refractivity (Wildman–Crippen MR) is 82.5 cm³/mol. The number of rotatable bonds is 6. The van der Waals surface area contributed by atoms with E-state index in [0.717, 1.165) is 6.54 Å².